The Kier molecular flexibility index (Phi) is 3.16. The van der Waals surface area contributed by atoms with Crippen molar-refractivity contribution >= 4 is 31.8 Å². The summed E-state index contributed by atoms with van der Waals surface area (Å²) in [5.74, 6) is -0.277. The molecule has 2 N–H and O–H groups in total. The molecule has 90 valence electrons. The van der Waals surface area contributed by atoms with Gasteiger partial charge in [0, 0.05) is 0 Å². The quantitative estimate of drug-likeness (QED) is 0.909. The maximum atomic E-state index is 12.7. The van der Waals surface area contributed by atoms with E-state index in [-0.39, 0.29) is 10.7 Å². The summed E-state index contributed by atoms with van der Waals surface area (Å²) in [5.41, 5.74) is 0. The Labute approximate surface area is 105 Å². The first-order valence-corrected chi connectivity index (χ1v) is 6.74. The molecule has 0 aliphatic carbocycles. The van der Waals surface area contributed by atoms with Gasteiger partial charge in [-0.25, -0.2) is 12.8 Å². The first kappa shape index (κ1) is 12.1. The first-order chi connectivity index (χ1) is 7.99. The lowest BCUT2D eigenvalue weighted by molar-refractivity contribution is 0.599. The van der Waals surface area contributed by atoms with Gasteiger partial charge in [0.1, 0.15) is 11.6 Å². The van der Waals surface area contributed by atoms with E-state index < -0.39 is 15.8 Å². The van der Waals surface area contributed by atoms with Gasteiger partial charge in [-0.3, -0.25) is 9.82 Å². The third kappa shape index (κ3) is 2.64. The summed E-state index contributed by atoms with van der Waals surface area (Å²) >= 11 is 3.12. The molecule has 1 aromatic heterocycles. The number of nitrogens with zero attached hydrogens (tertiary/aromatic N) is 1. The first-order valence-electron chi connectivity index (χ1n) is 4.46. The summed E-state index contributed by atoms with van der Waals surface area (Å²) in [6.07, 6.45) is 1.42. The topological polar surface area (TPSA) is 74.8 Å². The fraction of sp³-hybridized carbons (Fsp3) is 0. The Bertz CT molecular complexity index is 624. The highest BCUT2D eigenvalue weighted by Crippen LogP contribution is 2.21. The fourth-order valence-electron chi connectivity index (χ4n) is 1.15. The molecule has 0 amide bonds. The largest absolute Gasteiger partial charge is 0.263 e. The standard InChI is InChI=1S/C9H7BrFN3O2S/c10-8-5-12-13-9(8)14-17(15,16)7-3-1-6(11)2-4-7/h1-5H,(H2,12,13,14). The van der Waals surface area contributed by atoms with Crippen molar-refractivity contribution in [2.24, 2.45) is 0 Å². The number of sulfonamides is 1. The Balaban J connectivity index is 2.31. The van der Waals surface area contributed by atoms with Crippen LogP contribution in [0.2, 0.25) is 0 Å². The molecule has 0 radical (unpaired) electrons. The van der Waals surface area contributed by atoms with Gasteiger partial charge in [0.2, 0.25) is 0 Å². The summed E-state index contributed by atoms with van der Waals surface area (Å²) in [5, 5.41) is 6.14. The van der Waals surface area contributed by atoms with Crippen LogP contribution in [0.3, 0.4) is 0 Å². The molecule has 2 rings (SSSR count). The van der Waals surface area contributed by atoms with E-state index in [0.29, 0.717) is 4.47 Å². The monoisotopic (exact) mass is 319 g/mol. The molecule has 0 spiro atoms. The zero-order valence-corrected chi connectivity index (χ0v) is 10.7. The van der Waals surface area contributed by atoms with E-state index in [2.05, 4.69) is 30.8 Å². The van der Waals surface area contributed by atoms with E-state index in [1.54, 1.807) is 0 Å². The summed E-state index contributed by atoms with van der Waals surface area (Å²) in [6, 6.07) is 4.52. The van der Waals surface area contributed by atoms with Crippen molar-refractivity contribution in [1.29, 1.82) is 0 Å². The molecule has 0 unspecified atom stereocenters. The summed E-state index contributed by atoms with van der Waals surface area (Å²) < 4.78 is 39.2. The minimum Gasteiger partial charge on any atom is -0.263 e. The fourth-order valence-corrected chi connectivity index (χ4v) is 2.61. The second-order valence-corrected chi connectivity index (χ2v) is 5.69. The predicted octanol–water partition coefficient (Wildman–Crippen LogP) is 2.11. The van der Waals surface area contributed by atoms with Crippen LogP contribution in [0.4, 0.5) is 10.2 Å². The van der Waals surface area contributed by atoms with Gasteiger partial charge < -0.3 is 0 Å². The molecule has 0 atom stereocenters. The molecule has 0 saturated carbocycles. The zero-order chi connectivity index (χ0) is 12.5. The van der Waals surface area contributed by atoms with E-state index in [4.69, 9.17) is 0 Å². The maximum Gasteiger partial charge on any atom is 0.263 e. The highest BCUT2D eigenvalue weighted by atomic mass is 79.9. The van der Waals surface area contributed by atoms with Crippen LogP contribution in [-0.4, -0.2) is 18.6 Å². The van der Waals surface area contributed by atoms with Crippen LogP contribution in [0.25, 0.3) is 0 Å². The summed E-state index contributed by atoms with van der Waals surface area (Å²) in [7, 11) is -3.74. The van der Waals surface area contributed by atoms with Gasteiger partial charge in [0.25, 0.3) is 10.0 Å². The van der Waals surface area contributed by atoms with Crippen LogP contribution in [-0.2, 0) is 10.0 Å². The molecule has 0 aliphatic heterocycles. The lowest BCUT2D eigenvalue weighted by Crippen LogP contribution is -2.13. The number of benzene rings is 1. The predicted molar refractivity (Wildman–Crippen MR) is 63.5 cm³/mol. The highest BCUT2D eigenvalue weighted by Gasteiger charge is 2.16. The molecule has 8 heteroatoms. The van der Waals surface area contributed by atoms with Crippen molar-refractivity contribution < 1.29 is 12.8 Å². The van der Waals surface area contributed by atoms with Crippen LogP contribution in [0, 0.1) is 5.82 Å². The van der Waals surface area contributed by atoms with E-state index >= 15 is 0 Å². The molecular weight excluding hydrogens is 313 g/mol. The molecule has 0 bridgehead atoms. The lowest BCUT2D eigenvalue weighted by Gasteiger charge is -2.06. The van der Waals surface area contributed by atoms with Crippen molar-refractivity contribution in [2.75, 3.05) is 4.72 Å². The van der Waals surface area contributed by atoms with Crippen molar-refractivity contribution in [3.05, 3.63) is 40.8 Å². The molecule has 1 heterocycles. The molecule has 1 aromatic carbocycles. The van der Waals surface area contributed by atoms with E-state index in [9.17, 15) is 12.8 Å². The van der Waals surface area contributed by atoms with Gasteiger partial charge in [0.15, 0.2) is 0 Å². The molecular formula is C9H7BrFN3O2S. The number of anilines is 1. The lowest BCUT2D eigenvalue weighted by atomic mass is 10.4. The van der Waals surface area contributed by atoms with Crippen LogP contribution in [0.1, 0.15) is 0 Å². The molecule has 0 aliphatic rings. The minimum absolute atomic E-state index is 0.0274. The number of aromatic amines is 1. The van der Waals surface area contributed by atoms with E-state index in [1.165, 1.54) is 18.3 Å². The minimum atomic E-state index is -3.74. The van der Waals surface area contributed by atoms with Crippen molar-refractivity contribution in [3.63, 3.8) is 0 Å². The number of halogens is 2. The van der Waals surface area contributed by atoms with Gasteiger partial charge in [-0.2, -0.15) is 5.10 Å². The molecule has 0 saturated heterocycles. The average molecular weight is 320 g/mol. The summed E-state index contributed by atoms with van der Waals surface area (Å²) in [6.45, 7) is 0. The second kappa shape index (κ2) is 4.46. The zero-order valence-electron chi connectivity index (χ0n) is 8.31. The van der Waals surface area contributed by atoms with Gasteiger partial charge in [-0.15, -0.1) is 0 Å². The maximum absolute atomic E-state index is 12.7. The molecule has 0 fully saturated rings. The van der Waals surface area contributed by atoms with Crippen LogP contribution < -0.4 is 4.72 Å². The smallest absolute Gasteiger partial charge is 0.263 e. The number of hydrogen-bond donors (Lipinski definition) is 2. The highest BCUT2D eigenvalue weighted by molar-refractivity contribution is 9.10. The van der Waals surface area contributed by atoms with Crippen LogP contribution in [0.15, 0.2) is 39.8 Å². The van der Waals surface area contributed by atoms with Crippen molar-refractivity contribution in [1.82, 2.24) is 10.2 Å². The van der Waals surface area contributed by atoms with Gasteiger partial charge in [-0.05, 0) is 40.2 Å². The number of nitrogens with one attached hydrogen (secondary N) is 2. The molecule has 2 aromatic rings. The Morgan fingerprint density at radius 3 is 2.47 bits per heavy atom. The van der Waals surface area contributed by atoms with Crippen LogP contribution in [0.5, 0.6) is 0 Å². The van der Waals surface area contributed by atoms with E-state index in [1.807, 2.05) is 0 Å². The molecule has 17 heavy (non-hydrogen) atoms. The third-order valence-corrected chi connectivity index (χ3v) is 3.92. The molecule has 5 nitrogen and oxygen atoms in total. The second-order valence-electron chi connectivity index (χ2n) is 3.15. The number of aromatic nitrogens is 2. The average Bonchev–Trinajstić information content (AvgIpc) is 2.64. The van der Waals surface area contributed by atoms with Gasteiger partial charge in [0.05, 0.1) is 15.6 Å². The normalized spacial score (nSPS) is 11.4. The van der Waals surface area contributed by atoms with Gasteiger partial charge >= 0.3 is 0 Å². The number of rotatable bonds is 3. The van der Waals surface area contributed by atoms with Crippen LogP contribution >= 0.6 is 15.9 Å². The Hall–Kier alpha value is -1.41. The Morgan fingerprint density at radius 1 is 1.29 bits per heavy atom. The number of H-pyrrole nitrogens is 1. The number of hydrogen-bond acceptors (Lipinski definition) is 3. The third-order valence-electron chi connectivity index (χ3n) is 1.95. The Morgan fingerprint density at radius 2 is 1.94 bits per heavy atom. The van der Waals surface area contributed by atoms with Crippen molar-refractivity contribution in [2.45, 2.75) is 4.90 Å². The van der Waals surface area contributed by atoms with Crippen molar-refractivity contribution in [3.8, 4) is 0 Å². The summed E-state index contributed by atoms with van der Waals surface area (Å²) in [4.78, 5) is -0.0274. The SMILES string of the molecule is O=S(=O)(Nc1[nH]ncc1Br)c1ccc(F)cc1. The van der Waals surface area contributed by atoms with E-state index in [0.717, 1.165) is 12.1 Å². The van der Waals surface area contributed by atoms with Gasteiger partial charge in [-0.1, -0.05) is 0 Å².